The van der Waals surface area contributed by atoms with Crippen molar-refractivity contribution in [1.82, 2.24) is 19.9 Å². The Morgan fingerprint density at radius 1 is 1.23 bits per heavy atom. The van der Waals surface area contributed by atoms with Gasteiger partial charge in [0.2, 0.25) is 5.88 Å². The maximum absolute atomic E-state index is 12.5. The summed E-state index contributed by atoms with van der Waals surface area (Å²) in [5, 5.41) is 3.01. The summed E-state index contributed by atoms with van der Waals surface area (Å²) in [5.74, 6) is 0.00677. The highest BCUT2D eigenvalue weighted by Gasteiger charge is 2.21. The van der Waals surface area contributed by atoms with E-state index in [1.807, 2.05) is 53.4 Å². The number of benzene rings is 1. The van der Waals surface area contributed by atoms with Crippen LogP contribution in [0.15, 0.2) is 60.9 Å². The Labute approximate surface area is 152 Å². The molecule has 0 saturated carbocycles. The molecule has 4 rings (SSSR count). The summed E-state index contributed by atoms with van der Waals surface area (Å²) in [5.41, 5.74) is 3.37. The van der Waals surface area contributed by atoms with Crippen molar-refractivity contribution in [1.29, 1.82) is 0 Å². The van der Waals surface area contributed by atoms with Gasteiger partial charge in [-0.15, -0.1) is 0 Å². The molecule has 7 heteroatoms. The Kier molecular flexibility index (Phi) is 4.50. The first-order valence-corrected chi connectivity index (χ1v) is 9.21. The van der Waals surface area contributed by atoms with Gasteiger partial charge >= 0.3 is 0 Å². The summed E-state index contributed by atoms with van der Waals surface area (Å²) in [6, 6.07) is 13.5. The van der Waals surface area contributed by atoms with Gasteiger partial charge < -0.3 is 14.6 Å². The quantitative estimate of drug-likeness (QED) is 0.723. The molecule has 0 fully saturated rings. The van der Waals surface area contributed by atoms with Crippen LogP contribution in [0.25, 0.3) is 17.5 Å². The van der Waals surface area contributed by atoms with Gasteiger partial charge in [-0.25, -0.2) is 9.97 Å². The molecular formula is C19H17N4O2P. The number of hydrogen-bond acceptors (Lipinski definition) is 4. The van der Waals surface area contributed by atoms with Crippen molar-refractivity contribution < 1.29 is 9.53 Å². The second kappa shape index (κ2) is 7.10. The predicted molar refractivity (Wildman–Crippen MR) is 103 cm³/mol. The van der Waals surface area contributed by atoms with Crippen molar-refractivity contribution >= 4 is 26.3 Å². The average Bonchev–Trinajstić information content (AvgIpc) is 3.12. The second-order valence-corrected chi connectivity index (χ2v) is 7.08. The Balaban J connectivity index is 1.50. The van der Waals surface area contributed by atoms with Crippen LogP contribution in [0.2, 0.25) is 0 Å². The Hall–Kier alpha value is -2.98. The smallest absolute Gasteiger partial charge is 0.257 e. The minimum Gasteiger partial charge on any atom is -0.480 e. The molecule has 0 radical (unpaired) electrons. The van der Waals surface area contributed by atoms with E-state index in [4.69, 9.17) is 9.72 Å². The van der Waals surface area contributed by atoms with Crippen molar-refractivity contribution in [3.63, 3.8) is 0 Å². The highest BCUT2D eigenvalue weighted by molar-refractivity contribution is 7.47. The summed E-state index contributed by atoms with van der Waals surface area (Å²) in [6.07, 6.45) is 7.52. The zero-order valence-electron chi connectivity index (χ0n) is 14.1. The minimum atomic E-state index is -0.208. The molecular weight excluding hydrogens is 347 g/mol. The van der Waals surface area contributed by atoms with Crippen LogP contribution in [0.4, 0.5) is 0 Å². The molecule has 1 aliphatic heterocycles. The van der Waals surface area contributed by atoms with E-state index in [1.165, 1.54) is 7.11 Å². The van der Waals surface area contributed by atoms with Gasteiger partial charge in [-0.3, -0.25) is 4.79 Å². The van der Waals surface area contributed by atoms with E-state index in [9.17, 15) is 4.79 Å². The molecule has 0 spiro atoms. The lowest BCUT2D eigenvalue weighted by atomic mass is 10.2. The second-order valence-electron chi connectivity index (χ2n) is 5.72. The Morgan fingerprint density at radius 3 is 2.88 bits per heavy atom. The molecule has 0 bridgehead atoms. The lowest BCUT2D eigenvalue weighted by Gasteiger charge is -2.19. The predicted octanol–water partition coefficient (Wildman–Crippen LogP) is 2.50. The van der Waals surface area contributed by atoms with Crippen LogP contribution in [-0.4, -0.2) is 33.3 Å². The van der Waals surface area contributed by atoms with Crippen LogP contribution in [0.1, 0.15) is 10.4 Å². The van der Waals surface area contributed by atoms with Gasteiger partial charge in [0.15, 0.2) is 0 Å². The average molecular weight is 364 g/mol. The van der Waals surface area contributed by atoms with Crippen LogP contribution >= 0.6 is 8.58 Å². The van der Waals surface area contributed by atoms with Crippen molar-refractivity contribution in [2.24, 2.45) is 0 Å². The van der Waals surface area contributed by atoms with Crippen molar-refractivity contribution in [2.45, 2.75) is 5.78 Å². The molecule has 130 valence electrons. The van der Waals surface area contributed by atoms with Gasteiger partial charge in [0.25, 0.3) is 5.91 Å². The molecule has 1 amide bonds. The van der Waals surface area contributed by atoms with Crippen LogP contribution in [0.5, 0.6) is 5.88 Å². The van der Waals surface area contributed by atoms with Gasteiger partial charge in [-0.1, -0.05) is 30.3 Å². The fourth-order valence-electron chi connectivity index (χ4n) is 2.76. The van der Waals surface area contributed by atoms with Crippen LogP contribution < -0.4 is 15.6 Å². The monoisotopic (exact) mass is 364 g/mol. The number of carbonyl (C=O) groups is 1. The van der Waals surface area contributed by atoms with Gasteiger partial charge in [-0.2, -0.15) is 0 Å². The van der Waals surface area contributed by atoms with Crippen molar-refractivity contribution in [2.75, 3.05) is 7.11 Å². The van der Waals surface area contributed by atoms with E-state index in [2.05, 4.69) is 10.3 Å². The number of rotatable bonds is 4. The van der Waals surface area contributed by atoms with E-state index in [-0.39, 0.29) is 11.7 Å². The van der Waals surface area contributed by atoms with Gasteiger partial charge in [0.05, 0.1) is 18.6 Å². The summed E-state index contributed by atoms with van der Waals surface area (Å²) in [7, 11) is 1.84. The van der Waals surface area contributed by atoms with E-state index in [1.54, 1.807) is 18.3 Å². The number of ether oxygens (including phenoxy) is 1. The first-order valence-electron chi connectivity index (χ1n) is 8.13. The Bertz CT molecular complexity index is 969. The molecule has 26 heavy (non-hydrogen) atoms. The fourth-order valence-corrected chi connectivity index (χ4v) is 3.89. The van der Waals surface area contributed by atoms with Gasteiger partial charge in [0, 0.05) is 24.2 Å². The number of imidazole rings is 1. The number of amides is 1. The number of carbonyl (C=O) groups excluding carboxylic acids is 1. The normalized spacial score (nSPS) is 16.3. The highest BCUT2D eigenvalue weighted by Crippen LogP contribution is 2.26. The largest absolute Gasteiger partial charge is 0.480 e. The van der Waals surface area contributed by atoms with Crippen LogP contribution in [0.3, 0.4) is 0 Å². The third kappa shape index (κ3) is 3.24. The summed E-state index contributed by atoms with van der Waals surface area (Å²) in [4.78, 5) is 21.3. The molecule has 6 nitrogen and oxygen atoms in total. The number of methoxy groups -OCH3 is 1. The Morgan fingerprint density at radius 2 is 2.08 bits per heavy atom. The first kappa shape index (κ1) is 16.5. The van der Waals surface area contributed by atoms with Crippen molar-refractivity contribution in [3.8, 4) is 17.1 Å². The number of pyridine rings is 1. The molecule has 1 N–H and O–H groups in total. The van der Waals surface area contributed by atoms with E-state index < -0.39 is 0 Å². The molecule has 1 aliphatic rings. The van der Waals surface area contributed by atoms with E-state index >= 15 is 0 Å². The third-order valence-corrected chi connectivity index (χ3v) is 5.30. The van der Waals surface area contributed by atoms with Gasteiger partial charge in [-0.05, 0) is 26.8 Å². The molecule has 3 heterocycles. The molecule has 3 aromatic rings. The maximum atomic E-state index is 12.5. The summed E-state index contributed by atoms with van der Waals surface area (Å²) in [6.45, 7) is 0. The third-order valence-electron chi connectivity index (χ3n) is 4.02. The number of nitrogens with one attached hydrogen (secondary N) is 1. The SMILES string of the molecule is COc1ncccc1C(=O)NC1C=Cn2cc(-c3ccccc3)nc2P1. The van der Waals surface area contributed by atoms with E-state index in [0.717, 1.165) is 16.8 Å². The molecule has 0 aliphatic carbocycles. The van der Waals surface area contributed by atoms with Crippen LogP contribution in [0, 0.1) is 0 Å². The number of fused-ring (bicyclic) bond motifs is 1. The molecule has 2 unspecified atom stereocenters. The van der Waals surface area contributed by atoms with Crippen molar-refractivity contribution in [3.05, 3.63) is 66.5 Å². The number of hydrogen-bond donors (Lipinski definition) is 1. The maximum Gasteiger partial charge on any atom is 0.257 e. The lowest BCUT2D eigenvalue weighted by Crippen LogP contribution is -2.34. The zero-order chi connectivity index (χ0) is 17.9. The topological polar surface area (TPSA) is 69.0 Å². The molecule has 2 aromatic heterocycles. The standard InChI is InChI=1S/C19H17N4O2P/c1-25-18-14(8-5-10-20-18)17(24)22-16-9-11-23-12-15(21-19(23)26-16)13-6-3-2-4-7-13/h2-12,16,26H,1H3,(H,22,24). The first-order chi connectivity index (χ1) is 12.7. The number of aromatic nitrogens is 3. The minimum absolute atomic E-state index is 0.106. The van der Waals surface area contributed by atoms with Crippen LogP contribution in [-0.2, 0) is 0 Å². The molecule has 0 saturated heterocycles. The summed E-state index contributed by atoms with van der Waals surface area (Å²) < 4.78 is 7.17. The lowest BCUT2D eigenvalue weighted by molar-refractivity contribution is 0.0950. The summed E-state index contributed by atoms with van der Waals surface area (Å²) >= 11 is 0. The molecule has 2 atom stereocenters. The number of nitrogens with zero attached hydrogens (tertiary/aromatic N) is 3. The van der Waals surface area contributed by atoms with E-state index in [0.29, 0.717) is 20.0 Å². The zero-order valence-corrected chi connectivity index (χ0v) is 15.1. The highest BCUT2D eigenvalue weighted by atomic mass is 31.1. The van der Waals surface area contributed by atoms with Gasteiger partial charge in [0.1, 0.15) is 11.1 Å². The molecule has 1 aromatic carbocycles. The fraction of sp³-hybridized carbons (Fsp3) is 0.105.